The smallest absolute Gasteiger partial charge is 0.328 e. The molecule has 0 fully saturated rings. The van der Waals surface area contributed by atoms with Crippen molar-refractivity contribution < 1.29 is 28.2 Å². The van der Waals surface area contributed by atoms with Crippen LogP contribution in [-0.4, -0.2) is 53.8 Å². The summed E-state index contributed by atoms with van der Waals surface area (Å²) in [6.45, 7) is 2.49. The van der Waals surface area contributed by atoms with Gasteiger partial charge in [0.1, 0.15) is 6.54 Å². The third-order valence-corrected chi connectivity index (χ3v) is 5.55. The van der Waals surface area contributed by atoms with E-state index in [2.05, 4.69) is 19.1 Å². The molecule has 0 aliphatic rings. The fourth-order valence-corrected chi connectivity index (χ4v) is 3.90. The summed E-state index contributed by atoms with van der Waals surface area (Å²) in [6.07, 6.45) is 19.3. The highest BCUT2D eigenvalue weighted by Gasteiger charge is 2.32. The van der Waals surface area contributed by atoms with Gasteiger partial charge in [-0.05, 0) is 32.1 Å². The Hall–Kier alpha value is -0.520. The van der Waals surface area contributed by atoms with Crippen LogP contribution in [0.15, 0.2) is 12.2 Å². The molecule has 1 atom stereocenters. The summed E-state index contributed by atoms with van der Waals surface area (Å²) >= 11 is 0. The van der Waals surface area contributed by atoms with Gasteiger partial charge in [-0.15, -0.1) is 0 Å². The van der Waals surface area contributed by atoms with Gasteiger partial charge in [0.05, 0.1) is 21.1 Å². The Morgan fingerprint density at radius 2 is 1.33 bits per heavy atom. The molecule has 0 bridgehead atoms. The van der Waals surface area contributed by atoms with Crippen LogP contribution in [0.4, 0.5) is 0 Å². The zero-order chi connectivity index (χ0) is 22.9. The fraction of sp³-hybridized carbons (Fsp3) is 0.870. The lowest BCUT2D eigenvalue weighted by molar-refractivity contribution is -0.872. The molecule has 2 N–H and O–H groups in total. The summed E-state index contributed by atoms with van der Waals surface area (Å²) in [7, 11) is 0.926. The number of quaternary nitrogens is 1. The van der Waals surface area contributed by atoms with E-state index in [4.69, 9.17) is 14.3 Å². The van der Waals surface area contributed by atoms with Gasteiger partial charge in [0.25, 0.3) is 0 Å². The first-order chi connectivity index (χ1) is 14.0. The molecule has 0 amide bonds. The number of unbranched alkanes of at least 4 members (excludes halogenated alkanes) is 11. The normalized spacial score (nSPS) is 13.8. The number of phosphoric acid groups is 1. The maximum Gasteiger partial charge on any atom is 0.470 e. The average molecular weight is 449 g/mol. The van der Waals surface area contributed by atoms with Crippen LogP contribution in [0.2, 0.25) is 0 Å². The van der Waals surface area contributed by atoms with Crippen LogP contribution >= 0.6 is 7.82 Å². The second-order valence-electron chi connectivity index (χ2n) is 9.36. The molecule has 0 aliphatic heterocycles. The van der Waals surface area contributed by atoms with Gasteiger partial charge < -0.3 is 14.3 Å². The second-order valence-corrected chi connectivity index (χ2v) is 10.6. The summed E-state index contributed by atoms with van der Waals surface area (Å²) in [6, 6.07) is 0. The molecule has 0 radical (unpaired) electrons. The summed E-state index contributed by atoms with van der Waals surface area (Å²) in [5, 5.41) is 0. The molecule has 0 aromatic carbocycles. The van der Waals surface area contributed by atoms with E-state index in [9.17, 15) is 9.36 Å². The van der Waals surface area contributed by atoms with Crippen molar-refractivity contribution in [2.45, 2.75) is 103 Å². The van der Waals surface area contributed by atoms with Crippen molar-refractivity contribution in [1.29, 1.82) is 0 Å². The standard InChI is InChI=1S/C23H46NO5P/c1-5-6-7-8-9-10-11-12-13-14-15-16-17-18-19-20-22(25)23(21-24(2,3)4)29-30(26,27)28/h12-13,23H,5-11,14-21H2,1-4H3,(H-,26,27,28)/p+1/b13-12-. The molecule has 0 rings (SSSR count). The number of hydrogen-bond acceptors (Lipinski definition) is 3. The SMILES string of the molecule is CCCCCCCC/C=C\CCCCCCCC(=O)C(C[N+](C)(C)C)OP(=O)(O)O. The topological polar surface area (TPSA) is 83.8 Å². The van der Waals surface area contributed by atoms with Crippen molar-refractivity contribution in [3.8, 4) is 0 Å². The molecule has 0 aromatic rings. The highest BCUT2D eigenvalue weighted by atomic mass is 31.2. The molecule has 0 saturated heterocycles. The van der Waals surface area contributed by atoms with Gasteiger partial charge in [-0.1, -0.05) is 70.4 Å². The molecule has 0 saturated carbocycles. The Bertz CT molecular complexity index is 510. The summed E-state index contributed by atoms with van der Waals surface area (Å²) < 4.78 is 16.3. The molecule has 0 spiro atoms. The van der Waals surface area contributed by atoms with E-state index in [0.717, 1.165) is 32.1 Å². The predicted octanol–water partition coefficient (Wildman–Crippen LogP) is 5.78. The fourth-order valence-electron chi connectivity index (χ4n) is 3.39. The van der Waals surface area contributed by atoms with Crippen LogP contribution in [0.3, 0.4) is 0 Å². The minimum atomic E-state index is -4.67. The van der Waals surface area contributed by atoms with Gasteiger partial charge in [-0.2, -0.15) is 0 Å². The number of ketones is 1. The first-order valence-electron chi connectivity index (χ1n) is 11.8. The molecule has 6 nitrogen and oxygen atoms in total. The van der Waals surface area contributed by atoms with Crippen molar-refractivity contribution in [1.82, 2.24) is 0 Å². The Morgan fingerprint density at radius 3 is 1.80 bits per heavy atom. The van der Waals surface area contributed by atoms with Gasteiger partial charge in [0.2, 0.25) is 0 Å². The first-order valence-corrected chi connectivity index (χ1v) is 13.3. The van der Waals surface area contributed by atoms with E-state index < -0.39 is 13.9 Å². The Kier molecular flexibility index (Phi) is 16.8. The number of nitrogens with zero attached hydrogens (tertiary/aromatic N) is 1. The van der Waals surface area contributed by atoms with Gasteiger partial charge in [-0.3, -0.25) is 9.32 Å². The van der Waals surface area contributed by atoms with Gasteiger partial charge in [0.15, 0.2) is 11.9 Å². The van der Waals surface area contributed by atoms with Gasteiger partial charge >= 0.3 is 7.82 Å². The third kappa shape index (κ3) is 20.7. The van der Waals surface area contributed by atoms with Crippen LogP contribution in [0, 0.1) is 0 Å². The number of phosphoric ester groups is 1. The highest BCUT2D eigenvalue weighted by molar-refractivity contribution is 7.46. The van der Waals surface area contributed by atoms with Crippen LogP contribution in [0.5, 0.6) is 0 Å². The van der Waals surface area contributed by atoms with E-state index in [0.29, 0.717) is 10.9 Å². The maximum absolute atomic E-state index is 12.3. The minimum Gasteiger partial charge on any atom is -0.328 e. The number of Topliss-reactive ketones (excluding diaryl/α,β-unsaturated/α-hetero) is 1. The molecular weight excluding hydrogens is 401 g/mol. The lowest BCUT2D eigenvalue weighted by atomic mass is 10.0. The van der Waals surface area contributed by atoms with Crippen molar-refractivity contribution in [3.63, 3.8) is 0 Å². The predicted molar refractivity (Wildman–Crippen MR) is 124 cm³/mol. The molecular formula is C23H47NO5P+. The average Bonchev–Trinajstić information content (AvgIpc) is 2.62. The zero-order valence-electron chi connectivity index (χ0n) is 19.9. The van der Waals surface area contributed by atoms with Crippen molar-refractivity contribution in [3.05, 3.63) is 12.2 Å². The molecule has 7 heteroatoms. The van der Waals surface area contributed by atoms with E-state index in [1.165, 1.54) is 51.4 Å². The maximum atomic E-state index is 12.3. The number of rotatable bonds is 20. The summed E-state index contributed by atoms with van der Waals surface area (Å²) in [5.74, 6) is -0.219. The number of likely N-dealkylation sites (N-methyl/N-ethyl adjacent to an activating group) is 1. The van der Waals surface area contributed by atoms with Gasteiger partial charge in [-0.25, -0.2) is 4.57 Å². The molecule has 30 heavy (non-hydrogen) atoms. The molecule has 0 heterocycles. The second kappa shape index (κ2) is 17.1. The minimum absolute atomic E-state index is 0.219. The quantitative estimate of drug-likeness (QED) is 0.107. The largest absolute Gasteiger partial charge is 0.470 e. The molecule has 1 unspecified atom stereocenters. The molecule has 178 valence electrons. The third-order valence-electron chi connectivity index (χ3n) is 5.02. The first kappa shape index (κ1) is 29.5. The number of carbonyl (C=O) groups is 1. The van der Waals surface area contributed by atoms with E-state index in [-0.39, 0.29) is 12.3 Å². The van der Waals surface area contributed by atoms with Crippen LogP contribution in [-0.2, 0) is 13.9 Å². The number of allylic oxidation sites excluding steroid dienone is 2. The van der Waals surface area contributed by atoms with Crippen LogP contribution in [0.1, 0.15) is 96.8 Å². The Morgan fingerprint density at radius 1 is 0.867 bits per heavy atom. The lowest BCUT2D eigenvalue weighted by Gasteiger charge is -2.28. The summed E-state index contributed by atoms with van der Waals surface area (Å²) in [5.41, 5.74) is 0. The van der Waals surface area contributed by atoms with E-state index >= 15 is 0 Å². The van der Waals surface area contributed by atoms with Crippen molar-refractivity contribution in [2.24, 2.45) is 0 Å². The van der Waals surface area contributed by atoms with Crippen molar-refractivity contribution >= 4 is 13.6 Å². The Labute approximate surface area is 184 Å². The van der Waals surface area contributed by atoms with Crippen LogP contribution in [0.25, 0.3) is 0 Å². The molecule has 0 aliphatic carbocycles. The number of carbonyl (C=O) groups excluding carboxylic acids is 1. The highest BCUT2D eigenvalue weighted by Crippen LogP contribution is 2.38. The van der Waals surface area contributed by atoms with E-state index in [1.54, 1.807) is 0 Å². The zero-order valence-corrected chi connectivity index (χ0v) is 20.7. The van der Waals surface area contributed by atoms with E-state index in [1.807, 2.05) is 21.1 Å². The lowest BCUT2D eigenvalue weighted by Crippen LogP contribution is -2.45. The summed E-state index contributed by atoms with van der Waals surface area (Å²) in [4.78, 5) is 30.5. The molecule has 0 aromatic heterocycles. The Balaban J connectivity index is 3.79. The van der Waals surface area contributed by atoms with Crippen molar-refractivity contribution in [2.75, 3.05) is 27.7 Å². The van der Waals surface area contributed by atoms with Crippen LogP contribution < -0.4 is 0 Å². The number of hydrogen-bond donors (Lipinski definition) is 2. The van der Waals surface area contributed by atoms with Gasteiger partial charge in [0, 0.05) is 6.42 Å². The monoisotopic (exact) mass is 448 g/mol.